The molecule has 2 heterocycles. The SMILES string of the molecule is CCCN1CCCC2(CC(C(=O)N[C@@H](CC(C)(F)F)C(=O)CC3(C#N)CC3)=NO2)C1. The van der Waals surface area contributed by atoms with Crippen LogP contribution in [-0.4, -0.2) is 59.5 Å². The summed E-state index contributed by atoms with van der Waals surface area (Å²) in [4.78, 5) is 33.3. The molecule has 2 aliphatic heterocycles. The molecule has 1 amide bonds. The van der Waals surface area contributed by atoms with Gasteiger partial charge < -0.3 is 10.2 Å². The number of likely N-dealkylation sites (tertiary alicyclic amines) is 1. The van der Waals surface area contributed by atoms with Gasteiger partial charge in [-0.15, -0.1) is 0 Å². The summed E-state index contributed by atoms with van der Waals surface area (Å²) in [6, 6.07) is 0.737. The highest BCUT2D eigenvalue weighted by Crippen LogP contribution is 2.48. The molecular weight excluding hydrogens is 394 g/mol. The average Bonchev–Trinajstić information content (AvgIpc) is 3.33. The second-order valence-electron chi connectivity index (χ2n) is 9.20. The monoisotopic (exact) mass is 424 g/mol. The molecule has 0 aromatic rings. The number of carbonyl (C=O) groups excluding carboxylic acids is 2. The number of alkyl halides is 2. The number of nitrogens with zero attached hydrogens (tertiary/aromatic N) is 3. The number of amides is 1. The van der Waals surface area contributed by atoms with Crippen LogP contribution >= 0.6 is 0 Å². The van der Waals surface area contributed by atoms with Crippen LogP contribution in [0.4, 0.5) is 8.78 Å². The lowest BCUT2D eigenvalue weighted by atomic mass is 9.87. The molecule has 3 aliphatic rings. The molecule has 1 saturated heterocycles. The van der Waals surface area contributed by atoms with E-state index in [-0.39, 0.29) is 12.1 Å². The zero-order chi connectivity index (χ0) is 22.0. The van der Waals surface area contributed by atoms with E-state index in [1.54, 1.807) is 0 Å². The van der Waals surface area contributed by atoms with Crippen LogP contribution in [0.3, 0.4) is 0 Å². The number of hydrogen-bond acceptors (Lipinski definition) is 6. The average molecular weight is 424 g/mol. The Bertz CT molecular complexity index is 752. The van der Waals surface area contributed by atoms with Crippen LogP contribution < -0.4 is 5.32 Å². The maximum absolute atomic E-state index is 13.7. The fraction of sp³-hybridized carbons (Fsp3) is 0.810. The Morgan fingerprint density at radius 2 is 2.13 bits per heavy atom. The summed E-state index contributed by atoms with van der Waals surface area (Å²) in [7, 11) is 0. The zero-order valence-corrected chi connectivity index (χ0v) is 17.7. The summed E-state index contributed by atoms with van der Waals surface area (Å²) < 4.78 is 27.3. The number of oxime groups is 1. The first-order valence-electron chi connectivity index (χ1n) is 10.7. The standard InChI is InChI=1S/C21H30F2N4O3/c1-3-8-27-9-4-5-21(14-27)11-16(26-30-21)18(29)25-15(10-19(2,22)23)17(28)12-20(13-24)6-7-20/h15H,3-12,14H2,1-2H3,(H,25,29)/t15-,21?/m0/s1. The minimum atomic E-state index is -3.13. The molecule has 1 saturated carbocycles. The highest BCUT2D eigenvalue weighted by Gasteiger charge is 2.48. The van der Waals surface area contributed by atoms with Gasteiger partial charge in [-0.2, -0.15) is 5.26 Å². The van der Waals surface area contributed by atoms with E-state index >= 15 is 0 Å². The number of nitriles is 1. The third kappa shape index (κ3) is 5.54. The second-order valence-corrected chi connectivity index (χ2v) is 9.20. The lowest BCUT2D eigenvalue weighted by Gasteiger charge is -2.38. The van der Waals surface area contributed by atoms with Gasteiger partial charge in [0, 0.05) is 25.8 Å². The van der Waals surface area contributed by atoms with Gasteiger partial charge in [0.25, 0.3) is 5.91 Å². The molecule has 0 bridgehead atoms. The minimum absolute atomic E-state index is 0.122. The molecular formula is C21H30F2N4O3. The first kappa shape index (κ1) is 22.6. The van der Waals surface area contributed by atoms with Crippen molar-refractivity contribution < 1.29 is 23.2 Å². The van der Waals surface area contributed by atoms with Gasteiger partial charge in [0.15, 0.2) is 11.4 Å². The van der Waals surface area contributed by atoms with Gasteiger partial charge in [-0.25, -0.2) is 8.78 Å². The molecule has 1 aliphatic carbocycles. The molecule has 30 heavy (non-hydrogen) atoms. The van der Waals surface area contributed by atoms with Crippen molar-refractivity contribution in [2.24, 2.45) is 10.6 Å². The summed E-state index contributed by atoms with van der Waals surface area (Å²) in [5.74, 6) is -4.32. The van der Waals surface area contributed by atoms with E-state index in [2.05, 4.69) is 28.4 Å². The van der Waals surface area contributed by atoms with Crippen LogP contribution in [0.5, 0.6) is 0 Å². The molecule has 9 heteroatoms. The lowest BCUT2D eigenvalue weighted by Crippen LogP contribution is -2.50. The lowest BCUT2D eigenvalue weighted by molar-refractivity contribution is -0.128. The number of carbonyl (C=O) groups is 2. The van der Waals surface area contributed by atoms with E-state index in [0.717, 1.165) is 32.4 Å². The van der Waals surface area contributed by atoms with Crippen molar-refractivity contribution in [2.45, 2.75) is 82.8 Å². The predicted octanol–water partition coefficient (Wildman–Crippen LogP) is 2.80. The van der Waals surface area contributed by atoms with Crippen molar-refractivity contribution in [1.29, 1.82) is 5.26 Å². The summed E-state index contributed by atoms with van der Waals surface area (Å²) in [6.45, 7) is 5.40. The Balaban J connectivity index is 1.63. The molecule has 0 radical (unpaired) electrons. The molecule has 1 N–H and O–H groups in total. The zero-order valence-electron chi connectivity index (χ0n) is 17.7. The topological polar surface area (TPSA) is 94.8 Å². The molecule has 2 fully saturated rings. The van der Waals surface area contributed by atoms with Crippen LogP contribution in [0.25, 0.3) is 0 Å². The van der Waals surface area contributed by atoms with Crippen LogP contribution in [0, 0.1) is 16.7 Å². The molecule has 1 unspecified atom stereocenters. The van der Waals surface area contributed by atoms with Crippen LogP contribution in [-0.2, 0) is 14.4 Å². The van der Waals surface area contributed by atoms with E-state index in [1.165, 1.54) is 0 Å². The number of piperidine rings is 1. The first-order valence-corrected chi connectivity index (χ1v) is 10.7. The Kier molecular flexibility index (Phi) is 6.46. The molecule has 1 spiro atoms. The molecule has 7 nitrogen and oxygen atoms in total. The number of hydrogen-bond donors (Lipinski definition) is 1. The number of halogens is 2. The van der Waals surface area contributed by atoms with Gasteiger partial charge in [0.1, 0.15) is 5.71 Å². The summed E-state index contributed by atoms with van der Waals surface area (Å²) in [6.07, 6.45) is 3.25. The number of ketones is 1. The summed E-state index contributed by atoms with van der Waals surface area (Å²) in [5.41, 5.74) is -1.19. The largest absolute Gasteiger partial charge is 0.387 e. The van der Waals surface area contributed by atoms with E-state index in [0.29, 0.717) is 32.7 Å². The van der Waals surface area contributed by atoms with Crippen molar-refractivity contribution in [2.75, 3.05) is 19.6 Å². The van der Waals surface area contributed by atoms with Crippen LogP contribution in [0.2, 0.25) is 0 Å². The molecule has 2 atom stereocenters. The Morgan fingerprint density at radius 3 is 2.73 bits per heavy atom. The second kappa shape index (κ2) is 8.58. The van der Waals surface area contributed by atoms with E-state index in [4.69, 9.17) is 4.84 Å². The molecule has 0 aromatic heterocycles. The number of rotatable bonds is 9. The van der Waals surface area contributed by atoms with Crippen molar-refractivity contribution in [3.05, 3.63) is 0 Å². The highest BCUT2D eigenvalue weighted by atomic mass is 19.3. The third-order valence-corrected chi connectivity index (χ3v) is 6.12. The Morgan fingerprint density at radius 1 is 1.40 bits per heavy atom. The van der Waals surface area contributed by atoms with Crippen molar-refractivity contribution in [1.82, 2.24) is 10.2 Å². The fourth-order valence-corrected chi connectivity index (χ4v) is 4.34. The number of Topliss-reactive ketones (excluding diaryl/α,β-unsaturated/α-hetero) is 1. The third-order valence-electron chi connectivity index (χ3n) is 6.12. The van der Waals surface area contributed by atoms with E-state index in [9.17, 15) is 23.6 Å². The fourth-order valence-electron chi connectivity index (χ4n) is 4.34. The maximum atomic E-state index is 13.7. The minimum Gasteiger partial charge on any atom is -0.387 e. The van der Waals surface area contributed by atoms with Crippen molar-refractivity contribution >= 4 is 17.4 Å². The quantitative estimate of drug-likeness (QED) is 0.614. The molecule has 166 valence electrons. The normalized spacial score (nSPS) is 26.4. The summed E-state index contributed by atoms with van der Waals surface area (Å²) >= 11 is 0. The van der Waals surface area contributed by atoms with Crippen LogP contribution in [0.15, 0.2) is 5.16 Å². The van der Waals surface area contributed by atoms with Gasteiger partial charge >= 0.3 is 0 Å². The Hall–Kier alpha value is -2.08. The van der Waals surface area contributed by atoms with Gasteiger partial charge in [-0.3, -0.25) is 14.5 Å². The van der Waals surface area contributed by atoms with Gasteiger partial charge in [0.2, 0.25) is 5.92 Å². The number of nitrogens with one attached hydrogen (secondary N) is 1. The molecule has 0 aromatic carbocycles. The maximum Gasteiger partial charge on any atom is 0.269 e. The predicted molar refractivity (Wildman–Crippen MR) is 106 cm³/mol. The van der Waals surface area contributed by atoms with Gasteiger partial charge in [0.05, 0.1) is 17.5 Å². The molecule has 3 rings (SSSR count). The first-order chi connectivity index (χ1) is 14.1. The smallest absolute Gasteiger partial charge is 0.269 e. The van der Waals surface area contributed by atoms with E-state index < -0.39 is 41.1 Å². The highest BCUT2D eigenvalue weighted by molar-refractivity contribution is 6.39. The van der Waals surface area contributed by atoms with E-state index in [1.807, 2.05) is 0 Å². The Labute approximate surface area is 175 Å². The van der Waals surface area contributed by atoms with Crippen molar-refractivity contribution in [3.63, 3.8) is 0 Å². The van der Waals surface area contributed by atoms with Gasteiger partial charge in [-0.05, 0) is 52.1 Å². The van der Waals surface area contributed by atoms with Gasteiger partial charge in [-0.1, -0.05) is 12.1 Å². The summed E-state index contributed by atoms with van der Waals surface area (Å²) in [5, 5.41) is 15.6. The van der Waals surface area contributed by atoms with Crippen LogP contribution in [0.1, 0.15) is 65.2 Å². The van der Waals surface area contributed by atoms with Crippen molar-refractivity contribution in [3.8, 4) is 6.07 Å².